The molecule has 0 saturated carbocycles. The molecule has 0 radical (unpaired) electrons. The highest BCUT2D eigenvalue weighted by Gasteiger charge is 2.51. The van der Waals surface area contributed by atoms with Gasteiger partial charge in [-0.15, -0.1) is 11.3 Å². The van der Waals surface area contributed by atoms with Gasteiger partial charge in [-0.2, -0.15) is 0 Å². The summed E-state index contributed by atoms with van der Waals surface area (Å²) in [6.45, 7) is 0. The predicted octanol–water partition coefficient (Wildman–Crippen LogP) is 16.9. The summed E-state index contributed by atoms with van der Waals surface area (Å²) in [5, 5.41) is 2.61. The van der Waals surface area contributed by atoms with Crippen molar-refractivity contribution < 1.29 is 0 Å². The molecule has 1 aromatic heterocycles. The van der Waals surface area contributed by atoms with Crippen LogP contribution in [0, 0.1) is 0 Å². The number of benzene rings is 10. The normalized spacial score (nSPS) is 12.9. The number of para-hydroxylation sites is 1. The molecule has 0 N–H and O–H groups in total. The van der Waals surface area contributed by atoms with Crippen LogP contribution in [-0.4, -0.2) is 0 Å². The maximum Gasteiger partial charge on any atom is 0.0725 e. The molecule has 0 atom stereocenters. The number of anilines is 3. The molecule has 1 heterocycles. The van der Waals surface area contributed by atoms with Crippen LogP contribution < -0.4 is 4.90 Å². The molecule has 0 fully saturated rings. The topological polar surface area (TPSA) is 3.24 Å². The minimum Gasteiger partial charge on any atom is -0.310 e. The number of rotatable bonds is 6. The molecule has 0 unspecified atom stereocenters. The van der Waals surface area contributed by atoms with Crippen LogP contribution in [0.4, 0.5) is 17.1 Å². The van der Waals surface area contributed by atoms with E-state index < -0.39 is 5.41 Å². The van der Waals surface area contributed by atoms with Gasteiger partial charge < -0.3 is 4.90 Å². The molecule has 294 valence electrons. The first-order valence-electron chi connectivity index (χ1n) is 21.8. The summed E-state index contributed by atoms with van der Waals surface area (Å²) < 4.78 is 2.61. The molecule has 13 rings (SSSR count). The first-order chi connectivity index (χ1) is 31.3. The molecule has 10 aromatic carbocycles. The lowest BCUT2D eigenvalue weighted by atomic mass is 9.70. The maximum atomic E-state index is 2.48. The average molecular weight is 818 g/mol. The molecular weight excluding hydrogens is 779 g/mol. The van der Waals surface area contributed by atoms with Crippen molar-refractivity contribution in [2.45, 2.75) is 5.41 Å². The Bertz CT molecular complexity index is 3510. The van der Waals surface area contributed by atoms with Crippen LogP contribution in [0.25, 0.3) is 75.8 Å². The van der Waals surface area contributed by atoms with Crippen molar-refractivity contribution in [3.8, 4) is 55.6 Å². The number of thiophene rings is 1. The molecular formula is C61H39NS. The zero-order valence-electron chi connectivity index (χ0n) is 34.4. The van der Waals surface area contributed by atoms with Crippen LogP contribution >= 0.6 is 11.3 Å². The molecule has 2 heteroatoms. The highest BCUT2D eigenvalue weighted by atomic mass is 32.1. The van der Waals surface area contributed by atoms with Gasteiger partial charge in [0.2, 0.25) is 0 Å². The van der Waals surface area contributed by atoms with Crippen molar-refractivity contribution in [2.24, 2.45) is 0 Å². The van der Waals surface area contributed by atoms with E-state index in [0.717, 1.165) is 17.1 Å². The van der Waals surface area contributed by atoms with E-state index in [0.29, 0.717) is 0 Å². The quantitative estimate of drug-likeness (QED) is 0.162. The molecule has 0 amide bonds. The molecule has 1 spiro atoms. The van der Waals surface area contributed by atoms with Gasteiger partial charge in [0.15, 0.2) is 0 Å². The Balaban J connectivity index is 1.01. The van der Waals surface area contributed by atoms with Crippen LogP contribution in [0.1, 0.15) is 22.3 Å². The molecule has 63 heavy (non-hydrogen) atoms. The number of hydrogen-bond acceptors (Lipinski definition) is 2. The smallest absolute Gasteiger partial charge is 0.0725 e. The SMILES string of the molecule is c1ccc(-c2ccc(-c3ccc(N(c4ccc5c(c4)-c4ccccc4C54c5ccccc5-c5ccccc54)c4ccccc4-c4cccc5sc6ccccc6c45)cc3)cc2)cc1. The molecule has 0 saturated heterocycles. The lowest BCUT2D eigenvalue weighted by Gasteiger charge is -2.31. The summed E-state index contributed by atoms with van der Waals surface area (Å²) >= 11 is 1.87. The first-order valence-corrected chi connectivity index (χ1v) is 22.6. The Hall–Kier alpha value is -7.78. The summed E-state index contributed by atoms with van der Waals surface area (Å²) in [6, 6.07) is 87.7. The Labute approximate surface area is 371 Å². The van der Waals surface area contributed by atoms with Crippen molar-refractivity contribution in [2.75, 3.05) is 4.90 Å². The lowest BCUT2D eigenvalue weighted by molar-refractivity contribution is 0.794. The summed E-state index contributed by atoms with van der Waals surface area (Å²) in [7, 11) is 0. The van der Waals surface area contributed by atoms with Crippen LogP contribution in [0.5, 0.6) is 0 Å². The highest BCUT2D eigenvalue weighted by molar-refractivity contribution is 7.25. The van der Waals surface area contributed by atoms with Gasteiger partial charge in [-0.25, -0.2) is 0 Å². The van der Waals surface area contributed by atoms with E-state index in [1.807, 2.05) is 11.3 Å². The summed E-state index contributed by atoms with van der Waals surface area (Å²) in [6.07, 6.45) is 0. The van der Waals surface area contributed by atoms with Gasteiger partial charge in [0.25, 0.3) is 0 Å². The van der Waals surface area contributed by atoms with Gasteiger partial charge in [-0.1, -0.05) is 194 Å². The molecule has 2 aliphatic carbocycles. The zero-order chi connectivity index (χ0) is 41.5. The van der Waals surface area contributed by atoms with Crippen molar-refractivity contribution >= 4 is 48.6 Å². The largest absolute Gasteiger partial charge is 0.310 e. The maximum absolute atomic E-state index is 2.48. The number of fused-ring (bicyclic) bond motifs is 13. The Kier molecular flexibility index (Phi) is 8.06. The van der Waals surface area contributed by atoms with E-state index in [1.165, 1.54) is 98.1 Å². The fraction of sp³-hybridized carbons (Fsp3) is 0.0164. The molecule has 0 aliphatic heterocycles. The van der Waals surface area contributed by atoms with Gasteiger partial charge in [0, 0.05) is 37.1 Å². The average Bonchev–Trinajstić information content (AvgIpc) is 3.99. The minimum atomic E-state index is -0.395. The van der Waals surface area contributed by atoms with E-state index in [9.17, 15) is 0 Å². The molecule has 1 nitrogen and oxygen atoms in total. The Morgan fingerprint density at radius 3 is 1.43 bits per heavy atom. The van der Waals surface area contributed by atoms with Gasteiger partial charge >= 0.3 is 0 Å². The monoisotopic (exact) mass is 817 g/mol. The van der Waals surface area contributed by atoms with E-state index in [-0.39, 0.29) is 0 Å². The lowest BCUT2D eigenvalue weighted by Crippen LogP contribution is -2.25. The molecule has 2 aliphatic rings. The van der Waals surface area contributed by atoms with Crippen LogP contribution in [-0.2, 0) is 5.41 Å². The number of nitrogens with zero attached hydrogens (tertiary/aromatic N) is 1. The summed E-state index contributed by atoms with van der Waals surface area (Å²) in [5.41, 5.74) is 20.8. The second-order valence-corrected chi connectivity index (χ2v) is 17.8. The van der Waals surface area contributed by atoms with E-state index in [4.69, 9.17) is 0 Å². The van der Waals surface area contributed by atoms with Crippen molar-refractivity contribution in [3.63, 3.8) is 0 Å². The standard InChI is InChI=1S/C61H39NS/c1-2-15-40(16-3-1)41-29-31-42(32-30-41)43-33-35-44(36-34-43)62(57-26-12-7-20-49(57)50-22-14-28-59-60(50)51-21-8-13-27-58(51)63-59)45-37-38-56-52(39-45)48-19-6-11-25-55(48)61(56)53-23-9-4-17-46(53)47-18-5-10-24-54(47)61/h1-39H. The minimum absolute atomic E-state index is 0.395. The summed E-state index contributed by atoms with van der Waals surface area (Å²) in [5.74, 6) is 0. The summed E-state index contributed by atoms with van der Waals surface area (Å²) in [4.78, 5) is 2.48. The number of hydrogen-bond donors (Lipinski definition) is 0. The third kappa shape index (κ3) is 5.35. The van der Waals surface area contributed by atoms with Gasteiger partial charge in [0.1, 0.15) is 0 Å². The molecule has 11 aromatic rings. The van der Waals surface area contributed by atoms with Crippen molar-refractivity contribution in [1.82, 2.24) is 0 Å². The fourth-order valence-electron chi connectivity index (χ4n) is 10.8. The third-order valence-corrected chi connectivity index (χ3v) is 14.7. The van der Waals surface area contributed by atoms with Gasteiger partial charge in [0.05, 0.1) is 11.1 Å². The van der Waals surface area contributed by atoms with Crippen LogP contribution in [0.2, 0.25) is 0 Å². The van der Waals surface area contributed by atoms with E-state index in [2.05, 4.69) is 241 Å². The predicted molar refractivity (Wildman–Crippen MR) is 267 cm³/mol. The third-order valence-electron chi connectivity index (χ3n) is 13.5. The Morgan fingerprint density at radius 2 is 0.762 bits per heavy atom. The fourth-order valence-corrected chi connectivity index (χ4v) is 12.0. The van der Waals surface area contributed by atoms with Crippen molar-refractivity contribution in [3.05, 3.63) is 259 Å². The van der Waals surface area contributed by atoms with E-state index in [1.54, 1.807) is 0 Å². The highest BCUT2D eigenvalue weighted by Crippen LogP contribution is 2.63. The van der Waals surface area contributed by atoms with Crippen LogP contribution in [0.15, 0.2) is 237 Å². The first kappa shape index (κ1) is 35.9. The van der Waals surface area contributed by atoms with E-state index >= 15 is 0 Å². The molecule has 0 bridgehead atoms. The van der Waals surface area contributed by atoms with Crippen LogP contribution in [0.3, 0.4) is 0 Å². The van der Waals surface area contributed by atoms with Crippen molar-refractivity contribution in [1.29, 1.82) is 0 Å². The van der Waals surface area contributed by atoms with Gasteiger partial charge in [-0.05, 0) is 115 Å². The second-order valence-electron chi connectivity index (χ2n) is 16.7. The van der Waals surface area contributed by atoms with Gasteiger partial charge in [-0.3, -0.25) is 0 Å². The zero-order valence-corrected chi connectivity index (χ0v) is 35.2. The second kappa shape index (κ2) is 14.1. The Morgan fingerprint density at radius 1 is 0.302 bits per heavy atom.